The van der Waals surface area contributed by atoms with E-state index < -0.39 is 0 Å². The van der Waals surface area contributed by atoms with Gasteiger partial charge in [0, 0.05) is 5.02 Å². The van der Waals surface area contributed by atoms with Crippen molar-refractivity contribution < 1.29 is 0 Å². The summed E-state index contributed by atoms with van der Waals surface area (Å²) < 4.78 is 0. The fraction of sp³-hybridized carbons (Fsp3) is 0.300. The first-order chi connectivity index (χ1) is 5.24. The Kier molecular flexibility index (Phi) is 2.95. The lowest BCUT2D eigenvalue weighted by molar-refractivity contribution is 0.998. The zero-order chi connectivity index (χ0) is 8.27. The maximum absolute atomic E-state index is 5.98. The van der Waals surface area contributed by atoms with Crippen LogP contribution in [0.3, 0.4) is 0 Å². The van der Waals surface area contributed by atoms with Crippen molar-refractivity contribution in [3.8, 4) is 0 Å². The molecule has 0 saturated heterocycles. The molecule has 0 aromatic heterocycles. The molecule has 0 N–H and O–H groups in total. The van der Waals surface area contributed by atoms with Crippen LogP contribution in [0.25, 0.3) is 0 Å². The zero-order valence-electron chi connectivity index (χ0n) is 6.73. The molecule has 1 heteroatoms. The van der Waals surface area contributed by atoms with E-state index >= 15 is 0 Å². The summed E-state index contributed by atoms with van der Waals surface area (Å²) in [4.78, 5) is 0. The van der Waals surface area contributed by atoms with Gasteiger partial charge in [0.1, 0.15) is 0 Å². The van der Waals surface area contributed by atoms with Crippen molar-refractivity contribution >= 4 is 11.6 Å². The third-order valence-corrected chi connectivity index (χ3v) is 2.01. The van der Waals surface area contributed by atoms with Crippen molar-refractivity contribution in [1.82, 2.24) is 0 Å². The van der Waals surface area contributed by atoms with Gasteiger partial charge in [0.05, 0.1) is 0 Å². The first-order valence-electron chi connectivity index (χ1n) is 3.78. The van der Waals surface area contributed by atoms with Gasteiger partial charge >= 0.3 is 0 Å². The maximum Gasteiger partial charge on any atom is 0.0440 e. The van der Waals surface area contributed by atoms with E-state index in [1.165, 1.54) is 11.1 Å². The van der Waals surface area contributed by atoms with Gasteiger partial charge < -0.3 is 0 Å². The van der Waals surface area contributed by atoms with Gasteiger partial charge in [-0.3, -0.25) is 0 Å². The standard InChI is InChI=1S/C10H12Cl/c1-3-4-9-6-5-8(2)7-10(9)11/h5-7H,1,3-4H2,2H3. The Hall–Kier alpha value is -0.490. The predicted octanol–water partition coefficient (Wildman–Crippen LogP) is 3.42. The van der Waals surface area contributed by atoms with Gasteiger partial charge in [-0.15, -0.1) is 0 Å². The predicted molar refractivity (Wildman–Crippen MR) is 49.9 cm³/mol. The average Bonchev–Trinajstić information content (AvgIpc) is 1.95. The van der Waals surface area contributed by atoms with Crippen LogP contribution in [-0.2, 0) is 6.42 Å². The quantitative estimate of drug-likeness (QED) is 0.633. The van der Waals surface area contributed by atoms with E-state index in [0.717, 1.165) is 17.9 Å². The Labute approximate surface area is 73.2 Å². The molecule has 0 amide bonds. The van der Waals surface area contributed by atoms with Crippen molar-refractivity contribution in [2.24, 2.45) is 0 Å². The minimum atomic E-state index is 0.869. The molecule has 0 aliphatic heterocycles. The Morgan fingerprint density at radius 2 is 2.18 bits per heavy atom. The molecule has 1 aromatic rings. The number of aryl methyl sites for hydroxylation is 2. The molecular weight excluding hydrogens is 156 g/mol. The summed E-state index contributed by atoms with van der Waals surface area (Å²) in [6.45, 7) is 5.83. The van der Waals surface area contributed by atoms with Gasteiger partial charge in [-0.05, 0) is 37.0 Å². The second-order valence-corrected chi connectivity index (χ2v) is 3.11. The molecule has 0 aliphatic rings. The summed E-state index contributed by atoms with van der Waals surface area (Å²) in [5.41, 5.74) is 2.41. The molecule has 0 saturated carbocycles. The smallest absolute Gasteiger partial charge is 0.0440 e. The summed E-state index contributed by atoms with van der Waals surface area (Å²) in [5.74, 6) is 0. The largest absolute Gasteiger partial charge is 0.0840 e. The molecule has 0 atom stereocenters. The van der Waals surface area contributed by atoms with Gasteiger partial charge in [-0.1, -0.05) is 30.7 Å². The van der Waals surface area contributed by atoms with Crippen LogP contribution in [0.15, 0.2) is 18.2 Å². The fourth-order valence-corrected chi connectivity index (χ4v) is 1.38. The van der Waals surface area contributed by atoms with Gasteiger partial charge in [-0.2, -0.15) is 0 Å². The first-order valence-corrected chi connectivity index (χ1v) is 4.16. The van der Waals surface area contributed by atoms with Crippen LogP contribution in [0.1, 0.15) is 17.5 Å². The van der Waals surface area contributed by atoms with E-state index in [-0.39, 0.29) is 0 Å². The van der Waals surface area contributed by atoms with E-state index in [0.29, 0.717) is 0 Å². The highest BCUT2D eigenvalue weighted by atomic mass is 35.5. The summed E-state index contributed by atoms with van der Waals surface area (Å²) in [6.07, 6.45) is 1.88. The van der Waals surface area contributed by atoms with Crippen LogP contribution in [0, 0.1) is 13.8 Å². The van der Waals surface area contributed by atoms with Gasteiger partial charge in [0.2, 0.25) is 0 Å². The lowest BCUT2D eigenvalue weighted by Gasteiger charge is -2.02. The summed E-state index contributed by atoms with van der Waals surface area (Å²) in [6, 6.07) is 6.15. The Morgan fingerprint density at radius 1 is 1.45 bits per heavy atom. The molecule has 1 rings (SSSR count). The molecule has 0 fully saturated rings. The van der Waals surface area contributed by atoms with E-state index in [1.54, 1.807) is 0 Å². The monoisotopic (exact) mass is 167 g/mol. The third kappa shape index (κ3) is 2.23. The van der Waals surface area contributed by atoms with Crippen molar-refractivity contribution in [1.29, 1.82) is 0 Å². The topological polar surface area (TPSA) is 0 Å². The molecule has 1 radical (unpaired) electrons. The van der Waals surface area contributed by atoms with E-state index in [2.05, 4.69) is 19.1 Å². The lowest BCUT2D eigenvalue weighted by atomic mass is 10.1. The second kappa shape index (κ2) is 3.77. The van der Waals surface area contributed by atoms with Crippen LogP contribution >= 0.6 is 11.6 Å². The van der Waals surface area contributed by atoms with Gasteiger partial charge in [0.15, 0.2) is 0 Å². The molecule has 0 bridgehead atoms. The maximum atomic E-state index is 5.98. The van der Waals surface area contributed by atoms with Crippen LogP contribution in [0.2, 0.25) is 5.02 Å². The van der Waals surface area contributed by atoms with Gasteiger partial charge in [0.25, 0.3) is 0 Å². The van der Waals surface area contributed by atoms with Crippen molar-refractivity contribution in [3.63, 3.8) is 0 Å². The number of halogens is 1. The minimum absolute atomic E-state index is 0.869. The van der Waals surface area contributed by atoms with E-state index in [4.69, 9.17) is 11.6 Å². The van der Waals surface area contributed by atoms with Crippen LogP contribution in [0.5, 0.6) is 0 Å². The van der Waals surface area contributed by atoms with Gasteiger partial charge in [-0.25, -0.2) is 0 Å². The summed E-state index contributed by atoms with van der Waals surface area (Å²) in [5, 5.41) is 0.869. The zero-order valence-corrected chi connectivity index (χ0v) is 7.49. The first kappa shape index (κ1) is 8.61. The SMILES string of the molecule is [CH2]CCc1ccc(C)cc1Cl. The molecule has 0 aliphatic carbocycles. The third-order valence-electron chi connectivity index (χ3n) is 1.65. The summed E-state index contributed by atoms with van der Waals surface area (Å²) in [7, 11) is 0. The molecule has 0 unspecified atom stereocenters. The highest BCUT2D eigenvalue weighted by Gasteiger charge is 1.97. The van der Waals surface area contributed by atoms with Crippen molar-refractivity contribution in [3.05, 3.63) is 41.3 Å². The highest BCUT2D eigenvalue weighted by Crippen LogP contribution is 2.18. The number of benzene rings is 1. The summed E-state index contributed by atoms with van der Waals surface area (Å²) >= 11 is 5.98. The van der Waals surface area contributed by atoms with E-state index in [9.17, 15) is 0 Å². The molecule has 11 heavy (non-hydrogen) atoms. The normalized spacial score (nSPS) is 10.1. The van der Waals surface area contributed by atoms with Crippen LogP contribution in [0.4, 0.5) is 0 Å². The molecular formula is C10H12Cl. The molecule has 0 spiro atoms. The fourth-order valence-electron chi connectivity index (χ4n) is 1.05. The molecule has 59 valence electrons. The Morgan fingerprint density at radius 3 is 2.73 bits per heavy atom. The Bertz CT molecular complexity index is 241. The number of rotatable bonds is 2. The van der Waals surface area contributed by atoms with Crippen molar-refractivity contribution in [2.75, 3.05) is 0 Å². The van der Waals surface area contributed by atoms with Crippen LogP contribution in [-0.4, -0.2) is 0 Å². The average molecular weight is 168 g/mol. The lowest BCUT2D eigenvalue weighted by Crippen LogP contribution is -1.85. The second-order valence-electron chi connectivity index (χ2n) is 2.70. The molecule has 0 heterocycles. The number of hydrogen-bond acceptors (Lipinski definition) is 0. The minimum Gasteiger partial charge on any atom is -0.0840 e. The molecule has 0 nitrogen and oxygen atoms in total. The van der Waals surface area contributed by atoms with Crippen molar-refractivity contribution in [2.45, 2.75) is 19.8 Å². The molecule has 1 aromatic carbocycles. The van der Waals surface area contributed by atoms with E-state index in [1.807, 2.05) is 13.0 Å². The Balaban J connectivity index is 2.90. The van der Waals surface area contributed by atoms with Crippen LogP contribution < -0.4 is 0 Å². The number of hydrogen-bond donors (Lipinski definition) is 0. The highest BCUT2D eigenvalue weighted by molar-refractivity contribution is 6.31.